The Labute approximate surface area is 110 Å². The van der Waals surface area contributed by atoms with E-state index in [2.05, 4.69) is 12.2 Å². The van der Waals surface area contributed by atoms with Crippen molar-refractivity contribution in [2.75, 3.05) is 11.9 Å². The fourth-order valence-electron chi connectivity index (χ4n) is 1.74. The van der Waals surface area contributed by atoms with Gasteiger partial charge in [0, 0.05) is 12.2 Å². The third-order valence-electron chi connectivity index (χ3n) is 2.88. The molecule has 0 aliphatic carbocycles. The lowest BCUT2D eigenvalue weighted by atomic mass is 10.2. The summed E-state index contributed by atoms with van der Waals surface area (Å²) in [5.74, 6) is 0. The van der Waals surface area contributed by atoms with Crippen LogP contribution in [-0.4, -0.2) is 15.0 Å². The van der Waals surface area contributed by atoms with Gasteiger partial charge in [0.15, 0.2) is 0 Å². The molecule has 1 aromatic rings. The fraction of sp³-hybridized carbons (Fsp3) is 0.538. The number of hydrogen-bond donors (Lipinski definition) is 2. The van der Waals surface area contributed by atoms with Crippen molar-refractivity contribution >= 4 is 15.7 Å². The lowest BCUT2D eigenvalue weighted by Crippen LogP contribution is -2.13. The van der Waals surface area contributed by atoms with Crippen LogP contribution in [0.4, 0.5) is 5.69 Å². The van der Waals surface area contributed by atoms with Crippen LogP contribution in [0.25, 0.3) is 0 Å². The van der Waals surface area contributed by atoms with E-state index < -0.39 is 10.0 Å². The normalized spacial score (nSPS) is 11.5. The molecule has 0 heterocycles. The average molecular weight is 270 g/mol. The summed E-state index contributed by atoms with van der Waals surface area (Å²) in [6.45, 7) is 4.98. The summed E-state index contributed by atoms with van der Waals surface area (Å²) < 4.78 is 22.5. The summed E-state index contributed by atoms with van der Waals surface area (Å²) in [5.41, 5.74) is 1.87. The van der Waals surface area contributed by atoms with Crippen molar-refractivity contribution in [1.82, 2.24) is 0 Å². The molecule has 0 atom stereocenters. The second-order valence-electron chi connectivity index (χ2n) is 4.51. The minimum Gasteiger partial charge on any atom is -0.385 e. The number of benzene rings is 1. The van der Waals surface area contributed by atoms with Gasteiger partial charge in [-0.2, -0.15) is 0 Å². The molecule has 0 aliphatic rings. The van der Waals surface area contributed by atoms with Crippen LogP contribution in [0.1, 0.15) is 38.2 Å². The standard InChI is InChI=1S/C13H22N2O2S/c1-3-4-5-6-9-15-13-10-12(18(14,16)17)8-7-11(13)2/h7-8,10,15H,3-6,9H2,1-2H3,(H2,14,16,17). The van der Waals surface area contributed by atoms with Crippen molar-refractivity contribution in [3.8, 4) is 0 Å². The molecule has 102 valence electrons. The van der Waals surface area contributed by atoms with Gasteiger partial charge in [0.25, 0.3) is 0 Å². The van der Waals surface area contributed by atoms with Crippen LogP contribution >= 0.6 is 0 Å². The summed E-state index contributed by atoms with van der Waals surface area (Å²) in [6, 6.07) is 4.91. The van der Waals surface area contributed by atoms with Gasteiger partial charge >= 0.3 is 0 Å². The first-order valence-electron chi connectivity index (χ1n) is 6.32. The third kappa shape index (κ3) is 4.66. The Hall–Kier alpha value is -1.07. The molecule has 0 bridgehead atoms. The number of unbranched alkanes of at least 4 members (excludes halogenated alkanes) is 3. The van der Waals surface area contributed by atoms with Gasteiger partial charge in [-0.25, -0.2) is 13.6 Å². The highest BCUT2D eigenvalue weighted by atomic mass is 32.2. The number of sulfonamides is 1. The Balaban J connectivity index is 2.65. The van der Waals surface area contributed by atoms with Gasteiger partial charge in [0.2, 0.25) is 10.0 Å². The highest BCUT2D eigenvalue weighted by molar-refractivity contribution is 7.89. The Morgan fingerprint density at radius 2 is 1.94 bits per heavy atom. The molecule has 0 unspecified atom stereocenters. The van der Waals surface area contributed by atoms with E-state index in [-0.39, 0.29) is 4.90 Å². The van der Waals surface area contributed by atoms with E-state index in [9.17, 15) is 8.42 Å². The number of anilines is 1. The molecule has 0 saturated carbocycles. The van der Waals surface area contributed by atoms with Crippen molar-refractivity contribution in [2.45, 2.75) is 44.4 Å². The summed E-state index contributed by atoms with van der Waals surface area (Å²) in [5, 5.41) is 8.38. The molecular formula is C13H22N2O2S. The number of primary sulfonamides is 1. The topological polar surface area (TPSA) is 72.2 Å². The molecule has 0 radical (unpaired) electrons. The Morgan fingerprint density at radius 3 is 2.56 bits per heavy atom. The van der Waals surface area contributed by atoms with E-state index in [0.29, 0.717) is 0 Å². The average Bonchev–Trinajstić information content (AvgIpc) is 2.29. The molecule has 0 spiro atoms. The van der Waals surface area contributed by atoms with E-state index in [1.807, 2.05) is 6.92 Å². The van der Waals surface area contributed by atoms with Gasteiger partial charge in [-0.3, -0.25) is 0 Å². The fourth-order valence-corrected chi connectivity index (χ4v) is 2.28. The van der Waals surface area contributed by atoms with Crippen LogP contribution in [0, 0.1) is 6.92 Å². The molecule has 1 aromatic carbocycles. The van der Waals surface area contributed by atoms with Gasteiger partial charge in [0.05, 0.1) is 4.90 Å². The SMILES string of the molecule is CCCCCCNc1cc(S(N)(=O)=O)ccc1C. The molecule has 0 fully saturated rings. The molecule has 5 heteroatoms. The maximum atomic E-state index is 11.3. The predicted molar refractivity (Wildman–Crippen MR) is 75.2 cm³/mol. The quantitative estimate of drug-likeness (QED) is 0.748. The van der Waals surface area contributed by atoms with Crippen LogP contribution in [0.15, 0.2) is 23.1 Å². The largest absolute Gasteiger partial charge is 0.385 e. The minimum atomic E-state index is -3.62. The van der Waals surface area contributed by atoms with Crippen molar-refractivity contribution in [3.63, 3.8) is 0 Å². The van der Waals surface area contributed by atoms with Crippen LogP contribution in [0.5, 0.6) is 0 Å². The summed E-state index contributed by atoms with van der Waals surface area (Å²) in [7, 11) is -3.62. The van der Waals surface area contributed by atoms with Gasteiger partial charge in [-0.1, -0.05) is 32.3 Å². The monoisotopic (exact) mass is 270 g/mol. The van der Waals surface area contributed by atoms with Crippen LogP contribution in [-0.2, 0) is 10.0 Å². The smallest absolute Gasteiger partial charge is 0.238 e. The van der Waals surface area contributed by atoms with E-state index in [1.165, 1.54) is 25.3 Å². The third-order valence-corrected chi connectivity index (χ3v) is 3.79. The first-order valence-corrected chi connectivity index (χ1v) is 7.87. The van der Waals surface area contributed by atoms with Gasteiger partial charge < -0.3 is 5.32 Å². The second-order valence-corrected chi connectivity index (χ2v) is 6.07. The molecule has 0 saturated heterocycles. The molecule has 1 rings (SSSR count). The zero-order chi connectivity index (χ0) is 13.6. The molecule has 0 aliphatic heterocycles. The van der Waals surface area contributed by atoms with E-state index in [1.54, 1.807) is 12.1 Å². The predicted octanol–water partition coefficient (Wildman–Crippen LogP) is 2.63. The van der Waals surface area contributed by atoms with Crippen molar-refractivity contribution in [1.29, 1.82) is 0 Å². The van der Waals surface area contributed by atoms with Crippen LogP contribution < -0.4 is 10.5 Å². The highest BCUT2D eigenvalue weighted by Crippen LogP contribution is 2.19. The number of aryl methyl sites for hydroxylation is 1. The zero-order valence-corrected chi connectivity index (χ0v) is 11.9. The van der Waals surface area contributed by atoms with Gasteiger partial charge in [0.1, 0.15) is 0 Å². The van der Waals surface area contributed by atoms with Crippen molar-refractivity contribution in [2.24, 2.45) is 5.14 Å². The number of nitrogens with two attached hydrogens (primary N) is 1. The Bertz CT molecular complexity index is 484. The Morgan fingerprint density at radius 1 is 1.22 bits per heavy atom. The van der Waals surface area contributed by atoms with E-state index in [0.717, 1.165) is 24.2 Å². The molecule has 0 aromatic heterocycles. The molecule has 4 nitrogen and oxygen atoms in total. The first kappa shape index (κ1) is 15.0. The lowest BCUT2D eigenvalue weighted by Gasteiger charge is -2.10. The molecular weight excluding hydrogens is 248 g/mol. The summed E-state index contributed by atoms with van der Waals surface area (Å²) in [4.78, 5) is 0.157. The van der Waals surface area contributed by atoms with E-state index >= 15 is 0 Å². The van der Waals surface area contributed by atoms with Crippen LogP contribution in [0.2, 0.25) is 0 Å². The maximum absolute atomic E-state index is 11.3. The van der Waals surface area contributed by atoms with Crippen molar-refractivity contribution < 1.29 is 8.42 Å². The van der Waals surface area contributed by atoms with E-state index in [4.69, 9.17) is 5.14 Å². The first-order chi connectivity index (χ1) is 8.45. The number of rotatable bonds is 7. The summed E-state index contributed by atoms with van der Waals surface area (Å²) in [6.07, 6.45) is 4.72. The lowest BCUT2D eigenvalue weighted by molar-refractivity contribution is 0.598. The maximum Gasteiger partial charge on any atom is 0.238 e. The van der Waals surface area contributed by atoms with Gasteiger partial charge in [-0.15, -0.1) is 0 Å². The number of nitrogens with one attached hydrogen (secondary N) is 1. The Kier molecular flexibility index (Phi) is 5.62. The molecule has 18 heavy (non-hydrogen) atoms. The molecule has 3 N–H and O–H groups in total. The van der Waals surface area contributed by atoms with Crippen molar-refractivity contribution in [3.05, 3.63) is 23.8 Å². The van der Waals surface area contributed by atoms with Crippen LogP contribution in [0.3, 0.4) is 0 Å². The number of hydrogen-bond acceptors (Lipinski definition) is 3. The summed E-state index contributed by atoms with van der Waals surface area (Å²) >= 11 is 0. The zero-order valence-electron chi connectivity index (χ0n) is 11.1. The van der Waals surface area contributed by atoms with Gasteiger partial charge in [-0.05, 0) is 31.0 Å². The molecule has 0 amide bonds. The highest BCUT2D eigenvalue weighted by Gasteiger charge is 2.09. The minimum absolute atomic E-state index is 0.157. The second kappa shape index (κ2) is 6.75.